The summed E-state index contributed by atoms with van der Waals surface area (Å²) in [4.78, 5) is 41.8. The molecule has 0 bridgehead atoms. The van der Waals surface area contributed by atoms with Crippen molar-refractivity contribution in [2.45, 2.75) is 76.7 Å². The number of rotatable bonds is 13. The molecule has 8 nitrogen and oxygen atoms in total. The average molecular weight is 616 g/mol. The first-order valence-corrected chi connectivity index (χ1v) is 15.9. The van der Waals surface area contributed by atoms with Gasteiger partial charge < -0.3 is 25.0 Å². The smallest absolute Gasteiger partial charge is 0.408 e. The van der Waals surface area contributed by atoms with Crippen LogP contribution in [0, 0.1) is 11.7 Å². The molecule has 2 amide bonds. The summed E-state index contributed by atoms with van der Waals surface area (Å²) in [5.41, 5.74) is 3.49. The Morgan fingerprint density at radius 3 is 2.20 bits per heavy atom. The number of fused-ring (bicyclic) bond motifs is 1. The van der Waals surface area contributed by atoms with Crippen LogP contribution in [0.15, 0.2) is 78.9 Å². The third-order valence-electron chi connectivity index (χ3n) is 8.59. The molecule has 9 heteroatoms. The van der Waals surface area contributed by atoms with Crippen LogP contribution >= 0.6 is 0 Å². The van der Waals surface area contributed by atoms with Crippen LogP contribution in [0.3, 0.4) is 0 Å². The Labute approximate surface area is 264 Å². The highest BCUT2D eigenvalue weighted by Gasteiger charge is 2.31. The van der Waals surface area contributed by atoms with Gasteiger partial charge in [-0.3, -0.25) is 9.59 Å². The lowest BCUT2D eigenvalue weighted by Crippen LogP contribution is -2.53. The van der Waals surface area contributed by atoms with E-state index in [0.717, 1.165) is 48.1 Å². The maximum atomic E-state index is 13.9. The van der Waals surface area contributed by atoms with Crippen molar-refractivity contribution in [2.75, 3.05) is 18.0 Å². The largest absolute Gasteiger partial charge is 0.461 e. The molecule has 1 unspecified atom stereocenters. The van der Waals surface area contributed by atoms with Crippen LogP contribution < -0.4 is 15.5 Å². The molecule has 45 heavy (non-hydrogen) atoms. The quantitative estimate of drug-likeness (QED) is 0.227. The van der Waals surface area contributed by atoms with Crippen LogP contribution in [-0.2, 0) is 38.7 Å². The second-order valence-corrected chi connectivity index (χ2v) is 12.0. The van der Waals surface area contributed by atoms with Gasteiger partial charge in [0, 0.05) is 18.8 Å². The highest BCUT2D eigenvalue weighted by Crippen LogP contribution is 2.30. The van der Waals surface area contributed by atoms with Crippen molar-refractivity contribution in [3.05, 3.63) is 101 Å². The molecule has 1 aliphatic carbocycles. The van der Waals surface area contributed by atoms with E-state index in [1.807, 2.05) is 60.7 Å². The summed E-state index contributed by atoms with van der Waals surface area (Å²) in [5, 5.41) is 5.87. The molecule has 1 aliphatic heterocycles. The zero-order chi connectivity index (χ0) is 31.4. The molecule has 0 saturated heterocycles. The fraction of sp³-hybridized carbons (Fsp3) is 0.417. The molecule has 2 aliphatic rings. The van der Waals surface area contributed by atoms with Crippen molar-refractivity contribution in [2.24, 2.45) is 5.92 Å². The second kappa shape index (κ2) is 16.1. The third-order valence-corrected chi connectivity index (χ3v) is 8.59. The maximum Gasteiger partial charge on any atom is 0.408 e. The molecule has 2 N–H and O–H groups in total. The van der Waals surface area contributed by atoms with Crippen LogP contribution in [0.5, 0.6) is 0 Å². The minimum Gasteiger partial charge on any atom is -0.461 e. The van der Waals surface area contributed by atoms with E-state index in [2.05, 4.69) is 15.5 Å². The number of carbonyl (C=O) groups excluding carboxylic acids is 3. The molecular weight excluding hydrogens is 573 g/mol. The van der Waals surface area contributed by atoms with E-state index in [1.54, 1.807) is 6.07 Å². The molecule has 3 aromatic carbocycles. The molecule has 1 heterocycles. The van der Waals surface area contributed by atoms with Crippen molar-refractivity contribution < 1.29 is 28.2 Å². The van der Waals surface area contributed by atoms with E-state index in [4.69, 9.17) is 9.47 Å². The minimum atomic E-state index is -0.820. The molecule has 0 radical (unpaired) electrons. The van der Waals surface area contributed by atoms with Gasteiger partial charge in [-0.15, -0.1) is 0 Å². The summed E-state index contributed by atoms with van der Waals surface area (Å²) < 4.78 is 24.9. The summed E-state index contributed by atoms with van der Waals surface area (Å²) in [5.74, 6) is -0.794. The molecule has 2 atom stereocenters. The molecular formula is C36H42FN3O5. The summed E-state index contributed by atoms with van der Waals surface area (Å²) in [6.07, 6.45) is 5.82. The van der Waals surface area contributed by atoms with Gasteiger partial charge in [-0.05, 0) is 53.6 Å². The number of amides is 2. The second-order valence-electron chi connectivity index (χ2n) is 12.0. The van der Waals surface area contributed by atoms with E-state index in [1.165, 1.54) is 18.6 Å². The number of nitrogens with zero attached hydrogens (tertiary/aromatic N) is 1. The summed E-state index contributed by atoms with van der Waals surface area (Å²) in [6, 6.07) is 22.0. The molecule has 5 rings (SSSR count). The van der Waals surface area contributed by atoms with Gasteiger partial charge in [0.2, 0.25) is 5.91 Å². The summed E-state index contributed by atoms with van der Waals surface area (Å²) >= 11 is 0. The van der Waals surface area contributed by atoms with Crippen LogP contribution in [0.2, 0.25) is 0 Å². The van der Waals surface area contributed by atoms with Crippen molar-refractivity contribution in [3.8, 4) is 0 Å². The minimum absolute atomic E-state index is 0.0554. The summed E-state index contributed by atoms with van der Waals surface area (Å²) in [7, 11) is 0. The molecule has 0 spiro atoms. The van der Waals surface area contributed by atoms with Crippen LogP contribution in [-0.4, -0.2) is 43.1 Å². The number of ether oxygens (including phenoxy) is 2. The number of carbonyl (C=O) groups is 3. The van der Waals surface area contributed by atoms with Gasteiger partial charge in [0.25, 0.3) is 0 Å². The Hall–Kier alpha value is -4.40. The number of anilines is 1. The van der Waals surface area contributed by atoms with E-state index in [0.29, 0.717) is 31.8 Å². The summed E-state index contributed by atoms with van der Waals surface area (Å²) in [6.45, 7) is 1.19. The average Bonchev–Trinajstić information content (AvgIpc) is 3.45. The van der Waals surface area contributed by atoms with Gasteiger partial charge in [0.1, 0.15) is 25.1 Å². The molecule has 1 fully saturated rings. The van der Waals surface area contributed by atoms with Crippen LogP contribution in [0.25, 0.3) is 0 Å². The fourth-order valence-corrected chi connectivity index (χ4v) is 6.25. The van der Waals surface area contributed by atoms with E-state index in [-0.39, 0.29) is 31.4 Å². The fourth-order valence-electron chi connectivity index (χ4n) is 6.25. The van der Waals surface area contributed by atoms with Crippen molar-refractivity contribution in [1.82, 2.24) is 10.6 Å². The number of halogens is 1. The van der Waals surface area contributed by atoms with Crippen molar-refractivity contribution >= 4 is 23.7 Å². The van der Waals surface area contributed by atoms with Gasteiger partial charge in [0.05, 0.1) is 12.5 Å². The zero-order valence-electron chi connectivity index (χ0n) is 25.6. The third kappa shape index (κ3) is 9.80. The molecule has 238 valence electrons. The molecule has 1 saturated carbocycles. The highest BCUT2D eigenvalue weighted by molar-refractivity contribution is 5.86. The highest BCUT2D eigenvalue weighted by atomic mass is 19.1. The Morgan fingerprint density at radius 1 is 0.844 bits per heavy atom. The Morgan fingerprint density at radius 2 is 1.51 bits per heavy atom. The van der Waals surface area contributed by atoms with Crippen LogP contribution in [0.1, 0.15) is 61.6 Å². The number of benzene rings is 3. The number of esters is 1. The van der Waals surface area contributed by atoms with Gasteiger partial charge in [0.15, 0.2) is 0 Å². The lowest BCUT2D eigenvalue weighted by molar-refractivity contribution is -0.145. The van der Waals surface area contributed by atoms with E-state index >= 15 is 0 Å². The van der Waals surface area contributed by atoms with Gasteiger partial charge in [-0.1, -0.05) is 92.8 Å². The van der Waals surface area contributed by atoms with Gasteiger partial charge in [-0.25, -0.2) is 9.18 Å². The topological polar surface area (TPSA) is 97.0 Å². The van der Waals surface area contributed by atoms with Gasteiger partial charge in [-0.2, -0.15) is 0 Å². The van der Waals surface area contributed by atoms with Crippen LogP contribution in [0.4, 0.5) is 14.9 Å². The number of hydrogen-bond donors (Lipinski definition) is 2. The molecule has 3 aromatic rings. The van der Waals surface area contributed by atoms with Gasteiger partial charge >= 0.3 is 12.1 Å². The molecule has 0 aromatic heterocycles. The Kier molecular flexibility index (Phi) is 11.4. The standard InChI is InChI=1S/C36H42FN3O5/c37-30-16-17-33-29(21-30)18-19-40(33)23-31(22-34(41)44-24-27-12-6-2-7-13-27)38-35(42)32(20-26-10-4-1-5-11-26)39-36(43)45-25-28-14-8-3-9-15-28/h2-3,6-9,12-17,21,26,31-32H,1,4-5,10-11,18-20,22-25H2,(H,38,42)(H,39,43)/t31?,32-/m0/s1. The van der Waals surface area contributed by atoms with E-state index in [9.17, 15) is 18.8 Å². The first kappa shape index (κ1) is 32.0. The first-order chi connectivity index (χ1) is 21.9. The lowest BCUT2D eigenvalue weighted by Gasteiger charge is -2.30. The van der Waals surface area contributed by atoms with Crippen molar-refractivity contribution in [1.29, 1.82) is 0 Å². The maximum absolute atomic E-state index is 13.9. The number of alkyl carbamates (subject to hydrolysis) is 1. The Balaban J connectivity index is 1.27. The predicted molar refractivity (Wildman–Crippen MR) is 170 cm³/mol. The monoisotopic (exact) mass is 615 g/mol. The first-order valence-electron chi connectivity index (χ1n) is 15.9. The zero-order valence-corrected chi connectivity index (χ0v) is 25.6. The lowest BCUT2D eigenvalue weighted by atomic mass is 9.84. The van der Waals surface area contributed by atoms with Crippen molar-refractivity contribution in [3.63, 3.8) is 0 Å². The van der Waals surface area contributed by atoms with E-state index < -0.39 is 24.1 Å². The number of hydrogen-bond acceptors (Lipinski definition) is 6. The normalized spacial score (nSPS) is 15.9. The SMILES string of the molecule is O=C(CC(CN1CCc2cc(F)ccc21)NC(=O)[C@H](CC1CCCCC1)NC(=O)OCc1ccccc1)OCc1ccccc1. The number of nitrogens with one attached hydrogen (secondary N) is 2. The predicted octanol–water partition coefficient (Wildman–Crippen LogP) is 6.07. The Bertz CT molecular complexity index is 1410.